The van der Waals surface area contributed by atoms with Crippen LogP contribution in [0, 0.1) is 5.82 Å². The highest BCUT2D eigenvalue weighted by atomic mass is 19.4. The summed E-state index contributed by atoms with van der Waals surface area (Å²) in [5.41, 5.74) is 6.54. The molecule has 1 saturated heterocycles. The van der Waals surface area contributed by atoms with Gasteiger partial charge in [-0.3, -0.25) is 4.99 Å². The van der Waals surface area contributed by atoms with Crippen LogP contribution in [0.2, 0.25) is 0 Å². The highest BCUT2D eigenvalue weighted by Crippen LogP contribution is 2.20. The van der Waals surface area contributed by atoms with Crippen LogP contribution in [0.15, 0.2) is 29.3 Å². The van der Waals surface area contributed by atoms with E-state index in [1.54, 1.807) is 17.0 Å². The molecule has 1 atom stereocenters. The highest BCUT2D eigenvalue weighted by molar-refractivity contribution is 5.78. The monoisotopic (exact) mass is 334 g/mol. The fourth-order valence-corrected chi connectivity index (χ4v) is 2.23. The molecule has 1 aromatic carbocycles. The highest BCUT2D eigenvalue weighted by Gasteiger charge is 2.38. The van der Waals surface area contributed by atoms with Gasteiger partial charge in [0.05, 0.1) is 6.54 Å². The van der Waals surface area contributed by atoms with Crippen molar-refractivity contribution in [2.24, 2.45) is 10.7 Å². The van der Waals surface area contributed by atoms with Gasteiger partial charge in [-0.25, -0.2) is 4.39 Å². The van der Waals surface area contributed by atoms with Crippen LogP contribution in [0.3, 0.4) is 0 Å². The lowest BCUT2D eigenvalue weighted by Crippen LogP contribution is -2.51. The van der Waals surface area contributed by atoms with Crippen molar-refractivity contribution in [1.29, 1.82) is 0 Å². The second-order valence-corrected chi connectivity index (χ2v) is 5.21. The number of halogens is 4. The second kappa shape index (κ2) is 7.03. The van der Waals surface area contributed by atoms with Gasteiger partial charge in [-0.1, -0.05) is 0 Å². The van der Waals surface area contributed by atoms with Crippen LogP contribution in [0.1, 0.15) is 0 Å². The number of nitrogens with zero attached hydrogens (tertiary/aromatic N) is 3. The molecule has 1 heterocycles. The first kappa shape index (κ1) is 17.3. The minimum absolute atomic E-state index is 0.0212. The Morgan fingerprint density at radius 3 is 2.26 bits per heavy atom. The molecule has 1 aliphatic rings. The number of aliphatic hydroxyl groups is 1. The van der Waals surface area contributed by atoms with Gasteiger partial charge < -0.3 is 20.6 Å². The Hall–Kier alpha value is -2.03. The summed E-state index contributed by atoms with van der Waals surface area (Å²) in [5.74, 6) is -0.334. The lowest BCUT2D eigenvalue weighted by Gasteiger charge is -2.36. The molecule has 1 unspecified atom stereocenters. The summed E-state index contributed by atoms with van der Waals surface area (Å²) < 4.78 is 49.5. The molecular formula is C14H18F4N4O. The minimum atomic E-state index is -4.70. The molecule has 23 heavy (non-hydrogen) atoms. The summed E-state index contributed by atoms with van der Waals surface area (Å²) in [6, 6.07) is 6.08. The van der Waals surface area contributed by atoms with Crippen LogP contribution in [-0.4, -0.2) is 61.0 Å². The van der Waals surface area contributed by atoms with Crippen molar-refractivity contribution in [3.8, 4) is 0 Å². The number of aliphatic imine (C=N–C) groups is 1. The standard InChI is InChI=1S/C14H18F4N4O/c15-10-1-3-11(4-2-10)21-5-7-22(8-6-21)13(19)20-9-12(23)14(16,17)18/h1-4,12,23H,5-9H2,(H2,19,20). The van der Waals surface area contributed by atoms with E-state index in [2.05, 4.69) is 4.99 Å². The molecule has 0 aromatic heterocycles. The number of hydrogen-bond donors (Lipinski definition) is 2. The van der Waals surface area contributed by atoms with Gasteiger partial charge in [0.25, 0.3) is 0 Å². The predicted molar refractivity (Wildman–Crippen MR) is 78.7 cm³/mol. The zero-order valence-corrected chi connectivity index (χ0v) is 12.3. The topological polar surface area (TPSA) is 65.1 Å². The normalized spacial score (nSPS) is 18.2. The molecule has 0 spiro atoms. The van der Waals surface area contributed by atoms with Crippen molar-refractivity contribution in [3.63, 3.8) is 0 Å². The van der Waals surface area contributed by atoms with Gasteiger partial charge in [-0.15, -0.1) is 0 Å². The number of hydrogen-bond acceptors (Lipinski definition) is 3. The fraction of sp³-hybridized carbons (Fsp3) is 0.500. The molecule has 0 radical (unpaired) electrons. The van der Waals surface area contributed by atoms with Gasteiger partial charge in [0.1, 0.15) is 5.82 Å². The molecule has 1 aliphatic heterocycles. The number of aliphatic hydroxyl groups excluding tert-OH is 1. The van der Waals surface area contributed by atoms with Crippen molar-refractivity contribution in [2.45, 2.75) is 12.3 Å². The van der Waals surface area contributed by atoms with E-state index in [4.69, 9.17) is 10.8 Å². The Morgan fingerprint density at radius 2 is 1.74 bits per heavy atom. The molecule has 0 bridgehead atoms. The molecular weight excluding hydrogens is 316 g/mol. The van der Waals surface area contributed by atoms with Crippen LogP contribution < -0.4 is 10.6 Å². The largest absolute Gasteiger partial charge is 0.416 e. The summed E-state index contributed by atoms with van der Waals surface area (Å²) in [6.45, 7) is 1.32. The summed E-state index contributed by atoms with van der Waals surface area (Å²) in [5, 5.41) is 8.90. The quantitative estimate of drug-likeness (QED) is 0.495. The van der Waals surface area contributed by atoms with Crippen LogP contribution in [0.4, 0.5) is 23.2 Å². The van der Waals surface area contributed by atoms with Crippen LogP contribution in [0.25, 0.3) is 0 Å². The third kappa shape index (κ3) is 4.72. The Morgan fingerprint density at radius 1 is 1.17 bits per heavy atom. The Balaban J connectivity index is 1.87. The van der Waals surface area contributed by atoms with E-state index in [-0.39, 0.29) is 11.8 Å². The number of nitrogens with two attached hydrogens (primary N) is 1. The van der Waals surface area contributed by atoms with Crippen LogP contribution in [0.5, 0.6) is 0 Å². The summed E-state index contributed by atoms with van der Waals surface area (Å²) in [4.78, 5) is 7.28. The van der Waals surface area contributed by atoms with E-state index in [1.807, 2.05) is 4.90 Å². The van der Waals surface area contributed by atoms with Crippen LogP contribution >= 0.6 is 0 Å². The zero-order valence-electron chi connectivity index (χ0n) is 12.3. The van der Waals surface area contributed by atoms with Crippen molar-refractivity contribution in [3.05, 3.63) is 30.1 Å². The third-order valence-corrected chi connectivity index (χ3v) is 3.60. The SMILES string of the molecule is NC(=NCC(O)C(F)(F)F)N1CCN(c2ccc(F)cc2)CC1. The van der Waals surface area contributed by atoms with Gasteiger partial charge in [0.15, 0.2) is 12.1 Å². The van der Waals surface area contributed by atoms with Crippen molar-refractivity contribution in [1.82, 2.24) is 4.90 Å². The molecule has 2 rings (SSSR count). The molecule has 3 N–H and O–H groups in total. The summed E-state index contributed by atoms with van der Waals surface area (Å²) in [7, 11) is 0. The van der Waals surface area contributed by atoms with Gasteiger partial charge in [0, 0.05) is 31.9 Å². The first-order valence-corrected chi connectivity index (χ1v) is 7.07. The fourth-order valence-electron chi connectivity index (χ4n) is 2.23. The van der Waals surface area contributed by atoms with Crippen LogP contribution in [-0.2, 0) is 0 Å². The Labute approximate surface area is 131 Å². The van der Waals surface area contributed by atoms with Crippen molar-refractivity contribution >= 4 is 11.6 Å². The molecule has 5 nitrogen and oxygen atoms in total. The molecule has 128 valence electrons. The second-order valence-electron chi connectivity index (χ2n) is 5.21. The van der Waals surface area contributed by atoms with E-state index in [1.165, 1.54) is 12.1 Å². The molecule has 0 amide bonds. The number of anilines is 1. The van der Waals surface area contributed by atoms with Gasteiger partial charge in [-0.2, -0.15) is 13.2 Å². The number of benzene rings is 1. The number of piperazine rings is 1. The maximum atomic E-state index is 12.9. The van der Waals surface area contributed by atoms with E-state index in [0.717, 1.165) is 5.69 Å². The number of guanidine groups is 1. The minimum Gasteiger partial charge on any atom is -0.382 e. The average Bonchev–Trinajstić information content (AvgIpc) is 2.52. The van der Waals surface area contributed by atoms with Gasteiger partial charge >= 0.3 is 6.18 Å². The van der Waals surface area contributed by atoms with Gasteiger partial charge in [0.2, 0.25) is 0 Å². The Kier molecular flexibility index (Phi) is 5.30. The predicted octanol–water partition coefficient (Wildman–Crippen LogP) is 1.19. The molecule has 1 aromatic rings. The van der Waals surface area contributed by atoms with E-state index < -0.39 is 18.8 Å². The zero-order chi connectivity index (χ0) is 17.0. The number of rotatable bonds is 3. The first-order valence-electron chi connectivity index (χ1n) is 7.07. The first-order chi connectivity index (χ1) is 10.8. The lowest BCUT2D eigenvalue weighted by molar-refractivity contribution is -0.199. The maximum Gasteiger partial charge on any atom is 0.416 e. The molecule has 9 heteroatoms. The maximum absolute atomic E-state index is 12.9. The number of alkyl halides is 3. The summed E-state index contributed by atoms with van der Waals surface area (Å²) >= 11 is 0. The molecule has 0 saturated carbocycles. The summed E-state index contributed by atoms with van der Waals surface area (Å²) in [6.07, 6.45) is -7.22. The lowest BCUT2D eigenvalue weighted by atomic mass is 10.2. The van der Waals surface area contributed by atoms with E-state index in [9.17, 15) is 17.6 Å². The van der Waals surface area contributed by atoms with Crippen molar-refractivity contribution in [2.75, 3.05) is 37.6 Å². The van der Waals surface area contributed by atoms with Crippen molar-refractivity contribution < 1.29 is 22.7 Å². The molecule has 0 aliphatic carbocycles. The van der Waals surface area contributed by atoms with Gasteiger partial charge in [-0.05, 0) is 24.3 Å². The smallest absolute Gasteiger partial charge is 0.382 e. The Bertz CT molecular complexity index is 539. The van der Waals surface area contributed by atoms with E-state index in [0.29, 0.717) is 26.2 Å². The third-order valence-electron chi connectivity index (χ3n) is 3.60. The molecule has 1 fully saturated rings. The van der Waals surface area contributed by atoms with E-state index >= 15 is 0 Å². The average molecular weight is 334 g/mol.